The van der Waals surface area contributed by atoms with Gasteiger partial charge in [-0.15, -0.1) is 0 Å². The van der Waals surface area contributed by atoms with Gasteiger partial charge in [-0.2, -0.15) is 0 Å². The van der Waals surface area contributed by atoms with Crippen molar-refractivity contribution in [2.45, 2.75) is 11.3 Å². The molecule has 1 unspecified atom stereocenters. The summed E-state index contributed by atoms with van der Waals surface area (Å²) in [6.45, 7) is 0. The summed E-state index contributed by atoms with van der Waals surface area (Å²) in [5, 5.41) is 0. The van der Waals surface area contributed by atoms with Crippen LogP contribution in [0.25, 0.3) is 0 Å². The lowest BCUT2D eigenvalue weighted by Crippen LogP contribution is -2.06. The van der Waals surface area contributed by atoms with Crippen molar-refractivity contribution < 1.29 is 9.00 Å². The molecule has 0 saturated carbocycles. The number of ketones is 1. The lowest BCUT2D eigenvalue weighted by Gasteiger charge is -2.02. The fraction of sp³-hybridized carbons (Fsp3) is 0.133. The second-order valence-corrected chi connectivity index (χ2v) is 5.47. The first kappa shape index (κ1) is 12.7. The van der Waals surface area contributed by atoms with Gasteiger partial charge in [-0.05, 0) is 12.1 Å². The monoisotopic (exact) mass is 258 g/mol. The second kappa shape index (κ2) is 6.26. The van der Waals surface area contributed by atoms with Gasteiger partial charge in [-0.25, -0.2) is 0 Å². The van der Waals surface area contributed by atoms with Gasteiger partial charge >= 0.3 is 0 Å². The van der Waals surface area contributed by atoms with Gasteiger partial charge in [-0.1, -0.05) is 48.5 Å². The molecule has 0 aliphatic carbocycles. The summed E-state index contributed by atoms with van der Waals surface area (Å²) >= 11 is 0. The van der Waals surface area contributed by atoms with Crippen LogP contribution in [0.1, 0.15) is 16.8 Å². The average molecular weight is 258 g/mol. The van der Waals surface area contributed by atoms with E-state index in [-0.39, 0.29) is 5.78 Å². The first-order chi connectivity index (χ1) is 8.77. The normalized spacial score (nSPS) is 12.0. The Hall–Kier alpha value is -1.74. The van der Waals surface area contributed by atoms with E-state index in [1.165, 1.54) is 0 Å². The summed E-state index contributed by atoms with van der Waals surface area (Å²) in [5.74, 6) is 0.414. The number of Topliss-reactive ketones (excluding diaryl/α,β-unsaturated/α-hetero) is 1. The molecule has 0 aliphatic rings. The summed E-state index contributed by atoms with van der Waals surface area (Å²) in [5.41, 5.74) is 0.683. The molecule has 0 amide bonds. The number of carbonyl (C=O) groups excluding carboxylic acids is 1. The molecule has 2 aromatic rings. The molecule has 0 N–H and O–H groups in total. The highest BCUT2D eigenvalue weighted by atomic mass is 32.2. The van der Waals surface area contributed by atoms with Crippen molar-refractivity contribution in [1.82, 2.24) is 0 Å². The summed E-state index contributed by atoms with van der Waals surface area (Å²) in [6, 6.07) is 18.4. The maximum Gasteiger partial charge on any atom is 0.163 e. The van der Waals surface area contributed by atoms with E-state index in [1.54, 1.807) is 12.1 Å². The van der Waals surface area contributed by atoms with Gasteiger partial charge in [0.2, 0.25) is 0 Å². The Morgan fingerprint density at radius 1 is 0.889 bits per heavy atom. The van der Waals surface area contributed by atoms with E-state index in [1.807, 2.05) is 48.5 Å². The van der Waals surface area contributed by atoms with E-state index in [0.717, 1.165) is 4.90 Å². The molecule has 2 rings (SSSR count). The molecule has 0 saturated heterocycles. The molecule has 0 heterocycles. The van der Waals surface area contributed by atoms with E-state index in [2.05, 4.69) is 0 Å². The molecule has 0 spiro atoms. The summed E-state index contributed by atoms with van der Waals surface area (Å²) in [7, 11) is -1.10. The molecule has 0 radical (unpaired) electrons. The van der Waals surface area contributed by atoms with Crippen molar-refractivity contribution in [2.75, 3.05) is 5.75 Å². The molecule has 0 bridgehead atoms. The Morgan fingerprint density at radius 3 is 2.06 bits per heavy atom. The molecule has 1 atom stereocenters. The Labute approximate surface area is 109 Å². The minimum atomic E-state index is -1.10. The SMILES string of the molecule is O=C(CCS(=O)c1ccccc1)c1ccccc1. The Balaban J connectivity index is 1.93. The van der Waals surface area contributed by atoms with Gasteiger partial charge in [0, 0.05) is 22.6 Å². The highest BCUT2D eigenvalue weighted by molar-refractivity contribution is 7.85. The van der Waals surface area contributed by atoms with Crippen LogP contribution in [0, 0.1) is 0 Å². The van der Waals surface area contributed by atoms with E-state index in [0.29, 0.717) is 17.7 Å². The number of benzene rings is 2. The molecule has 3 heteroatoms. The van der Waals surface area contributed by atoms with Crippen LogP contribution in [0.15, 0.2) is 65.6 Å². The Bertz CT molecular complexity index is 483. The van der Waals surface area contributed by atoms with Crippen LogP contribution in [-0.4, -0.2) is 15.7 Å². The topological polar surface area (TPSA) is 34.1 Å². The summed E-state index contributed by atoms with van der Waals surface area (Å²) in [6.07, 6.45) is 0.311. The predicted octanol–water partition coefficient (Wildman–Crippen LogP) is 3.07. The molecule has 0 aromatic heterocycles. The summed E-state index contributed by atoms with van der Waals surface area (Å²) in [4.78, 5) is 12.6. The third-order valence-corrected chi connectivity index (χ3v) is 3.99. The summed E-state index contributed by atoms with van der Waals surface area (Å²) < 4.78 is 11.9. The van der Waals surface area contributed by atoms with E-state index < -0.39 is 10.8 Å². The first-order valence-corrected chi connectivity index (χ1v) is 7.11. The number of rotatable bonds is 5. The maximum atomic E-state index is 11.9. The third kappa shape index (κ3) is 3.37. The minimum absolute atomic E-state index is 0.0416. The fourth-order valence-electron chi connectivity index (χ4n) is 1.64. The molecule has 92 valence electrons. The van der Waals surface area contributed by atoms with Gasteiger partial charge in [0.25, 0.3) is 0 Å². The zero-order valence-electron chi connectivity index (χ0n) is 9.91. The highest BCUT2D eigenvalue weighted by Crippen LogP contribution is 2.09. The van der Waals surface area contributed by atoms with Crippen LogP contribution >= 0.6 is 0 Å². The van der Waals surface area contributed by atoms with Crippen LogP contribution in [0.3, 0.4) is 0 Å². The lowest BCUT2D eigenvalue weighted by atomic mass is 10.1. The number of hydrogen-bond acceptors (Lipinski definition) is 2. The smallest absolute Gasteiger partial charge is 0.163 e. The first-order valence-electron chi connectivity index (χ1n) is 5.79. The van der Waals surface area contributed by atoms with Crippen molar-refractivity contribution in [3.63, 3.8) is 0 Å². The molecule has 2 aromatic carbocycles. The fourth-order valence-corrected chi connectivity index (χ4v) is 2.71. The lowest BCUT2D eigenvalue weighted by molar-refractivity contribution is 0.0989. The minimum Gasteiger partial charge on any atom is -0.294 e. The highest BCUT2D eigenvalue weighted by Gasteiger charge is 2.09. The van der Waals surface area contributed by atoms with Crippen molar-refractivity contribution >= 4 is 16.6 Å². The van der Waals surface area contributed by atoms with Gasteiger partial charge in [0.1, 0.15) is 0 Å². The van der Waals surface area contributed by atoms with Crippen LogP contribution in [0.2, 0.25) is 0 Å². The van der Waals surface area contributed by atoms with E-state index in [4.69, 9.17) is 0 Å². The van der Waals surface area contributed by atoms with Crippen LogP contribution in [0.4, 0.5) is 0 Å². The quantitative estimate of drug-likeness (QED) is 0.772. The zero-order chi connectivity index (χ0) is 12.8. The van der Waals surface area contributed by atoms with Crippen LogP contribution < -0.4 is 0 Å². The van der Waals surface area contributed by atoms with E-state index in [9.17, 15) is 9.00 Å². The largest absolute Gasteiger partial charge is 0.294 e. The van der Waals surface area contributed by atoms with E-state index >= 15 is 0 Å². The number of hydrogen-bond donors (Lipinski definition) is 0. The molecule has 2 nitrogen and oxygen atoms in total. The Kier molecular flexibility index (Phi) is 4.42. The average Bonchev–Trinajstić information content (AvgIpc) is 2.46. The predicted molar refractivity (Wildman–Crippen MR) is 73.1 cm³/mol. The van der Waals surface area contributed by atoms with Gasteiger partial charge in [0.15, 0.2) is 5.78 Å². The molecular weight excluding hydrogens is 244 g/mol. The van der Waals surface area contributed by atoms with Crippen molar-refractivity contribution in [1.29, 1.82) is 0 Å². The van der Waals surface area contributed by atoms with Crippen molar-refractivity contribution in [2.24, 2.45) is 0 Å². The molecule has 18 heavy (non-hydrogen) atoms. The Morgan fingerprint density at radius 2 is 1.44 bits per heavy atom. The maximum absolute atomic E-state index is 11.9. The van der Waals surface area contributed by atoms with Crippen molar-refractivity contribution in [3.05, 3.63) is 66.2 Å². The van der Waals surface area contributed by atoms with Gasteiger partial charge < -0.3 is 0 Å². The van der Waals surface area contributed by atoms with Crippen LogP contribution in [-0.2, 0) is 10.8 Å². The van der Waals surface area contributed by atoms with Gasteiger partial charge in [0.05, 0.1) is 10.8 Å². The third-order valence-electron chi connectivity index (χ3n) is 2.62. The van der Waals surface area contributed by atoms with Gasteiger partial charge in [-0.3, -0.25) is 9.00 Å². The molecule has 0 fully saturated rings. The second-order valence-electron chi connectivity index (χ2n) is 3.90. The van der Waals surface area contributed by atoms with Crippen LogP contribution in [0.5, 0.6) is 0 Å². The standard InChI is InChI=1S/C15H14O2S/c16-15(13-7-3-1-4-8-13)11-12-18(17)14-9-5-2-6-10-14/h1-10H,11-12H2. The number of carbonyl (C=O) groups is 1. The molecule has 0 aliphatic heterocycles. The zero-order valence-corrected chi connectivity index (χ0v) is 10.7. The molecular formula is C15H14O2S. The van der Waals surface area contributed by atoms with Crippen molar-refractivity contribution in [3.8, 4) is 0 Å².